The van der Waals surface area contributed by atoms with Crippen LogP contribution in [0.4, 0.5) is 0 Å². The second-order valence-corrected chi connectivity index (χ2v) is 6.11. The topological polar surface area (TPSA) is 35.5 Å². The maximum Gasteiger partial charge on any atom is 0.305 e. The lowest BCUT2D eigenvalue weighted by molar-refractivity contribution is 0.00379. The minimum Gasteiger partial charge on any atom is -0.262 e. The second kappa shape index (κ2) is 3.65. The molecule has 3 aliphatic rings. The zero-order valence-corrected chi connectivity index (χ0v) is 10.6. The smallest absolute Gasteiger partial charge is 0.262 e. The summed E-state index contributed by atoms with van der Waals surface area (Å²) >= 11 is -1.50. The van der Waals surface area contributed by atoms with Crippen LogP contribution >= 0.6 is 0 Å². The van der Waals surface area contributed by atoms with Crippen LogP contribution in [0.1, 0.15) is 39.5 Å². The van der Waals surface area contributed by atoms with E-state index in [1.807, 2.05) is 0 Å². The highest BCUT2D eigenvalue weighted by Gasteiger charge is 2.55. The summed E-state index contributed by atoms with van der Waals surface area (Å²) in [6.07, 6.45) is 6.80. The Labute approximate surface area is 99.1 Å². The minimum atomic E-state index is -1.50. The average Bonchev–Trinajstić information content (AvgIpc) is 2.76. The van der Waals surface area contributed by atoms with Gasteiger partial charge in [0.2, 0.25) is 0 Å². The number of hydrogen-bond acceptors (Lipinski definition) is 3. The van der Waals surface area contributed by atoms with Crippen LogP contribution in [0.25, 0.3) is 0 Å². The largest absolute Gasteiger partial charge is 0.305 e. The van der Waals surface area contributed by atoms with Gasteiger partial charge in [-0.3, -0.25) is 8.37 Å². The summed E-state index contributed by atoms with van der Waals surface area (Å²) in [6, 6.07) is 0. The molecular formula is C12H18O3S. The molecule has 90 valence electrons. The van der Waals surface area contributed by atoms with Gasteiger partial charge in [0.15, 0.2) is 0 Å². The van der Waals surface area contributed by atoms with E-state index in [0.717, 1.165) is 25.7 Å². The van der Waals surface area contributed by atoms with Crippen LogP contribution in [0, 0.1) is 11.3 Å². The Morgan fingerprint density at radius 3 is 3.00 bits per heavy atom. The second-order valence-electron chi connectivity index (χ2n) is 5.31. The summed E-state index contributed by atoms with van der Waals surface area (Å²) < 4.78 is 22.1. The lowest BCUT2D eigenvalue weighted by Crippen LogP contribution is -2.44. The van der Waals surface area contributed by atoms with Gasteiger partial charge in [0.25, 0.3) is 0 Å². The molecule has 0 N–H and O–H groups in total. The summed E-state index contributed by atoms with van der Waals surface area (Å²) in [6.45, 7) is 4.46. The molecule has 4 heteroatoms. The van der Waals surface area contributed by atoms with E-state index < -0.39 is 11.4 Å². The maximum absolute atomic E-state index is 11.3. The Bertz CT molecular complexity index is 365. The first kappa shape index (κ1) is 10.9. The van der Waals surface area contributed by atoms with Crippen LogP contribution in [-0.4, -0.2) is 16.4 Å². The van der Waals surface area contributed by atoms with E-state index in [1.165, 1.54) is 0 Å². The highest BCUT2D eigenvalue weighted by Crippen LogP contribution is 2.57. The van der Waals surface area contributed by atoms with Crippen molar-refractivity contribution in [1.82, 2.24) is 0 Å². The fourth-order valence-corrected chi connectivity index (χ4v) is 4.70. The first-order valence-electron chi connectivity index (χ1n) is 6.07. The van der Waals surface area contributed by atoms with Crippen LogP contribution in [0.15, 0.2) is 11.6 Å². The Hall–Kier alpha value is -0.190. The highest BCUT2D eigenvalue weighted by atomic mass is 32.2. The molecule has 3 rings (SSSR count). The zero-order chi connectivity index (χ0) is 11.3. The van der Waals surface area contributed by atoms with Gasteiger partial charge >= 0.3 is 11.4 Å². The van der Waals surface area contributed by atoms with E-state index in [0.29, 0.717) is 5.92 Å². The van der Waals surface area contributed by atoms with Crippen LogP contribution < -0.4 is 0 Å². The van der Waals surface area contributed by atoms with Crippen molar-refractivity contribution in [2.75, 3.05) is 0 Å². The van der Waals surface area contributed by atoms with E-state index >= 15 is 0 Å². The van der Waals surface area contributed by atoms with Gasteiger partial charge in [-0.1, -0.05) is 18.6 Å². The van der Waals surface area contributed by atoms with Gasteiger partial charge in [0, 0.05) is 0 Å². The zero-order valence-electron chi connectivity index (χ0n) is 9.77. The molecule has 16 heavy (non-hydrogen) atoms. The molecule has 0 bridgehead atoms. The quantitative estimate of drug-likeness (QED) is 0.612. The summed E-state index contributed by atoms with van der Waals surface area (Å²) in [4.78, 5) is 0. The highest BCUT2D eigenvalue weighted by molar-refractivity contribution is 7.75. The predicted molar refractivity (Wildman–Crippen MR) is 61.7 cm³/mol. The van der Waals surface area contributed by atoms with Crippen molar-refractivity contribution in [2.45, 2.75) is 51.7 Å². The van der Waals surface area contributed by atoms with Crippen LogP contribution in [-0.2, 0) is 19.7 Å². The summed E-state index contributed by atoms with van der Waals surface area (Å²) in [5.74, 6) is 0.490. The van der Waals surface area contributed by atoms with Gasteiger partial charge in [-0.25, -0.2) is 0 Å². The van der Waals surface area contributed by atoms with Crippen LogP contribution in [0.2, 0.25) is 0 Å². The third kappa shape index (κ3) is 1.36. The SMILES string of the molecule is C/C=C1/CC[C@H]2[C@H]3OS(=O)O[C@H]3CC[C@]12C. The molecule has 0 radical (unpaired) electrons. The molecule has 3 fully saturated rings. The molecule has 0 spiro atoms. The van der Waals surface area contributed by atoms with E-state index in [-0.39, 0.29) is 17.6 Å². The number of rotatable bonds is 0. The van der Waals surface area contributed by atoms with Crippen molar-refractivity contribution in [1.29, 1.82) is 0 Å². The molecule has 0 aromatic rings. The fraction of sp³-hybridized carbons (Fsp3) is 0.833. The maximum atomic E-state index is 11.3. The Balaban J connectivity index is 1.93. The molecule has 0 aromatic heterocycles. The normalized spacial score (nSPS) is 54.0. The average molecular weight is 242 g/mol. The summed E-state index contributed by atoms with van der Waals surface area (Å²) in [5.41, 5.74) is 1.81. The van der Waals surface area contributed by atoms with E-state index in [9.17, 15) is 4.21 Å². The molecule has 1 unspecified atom stereocenters. The lowest BCUT2D eigenvalue weighted by atomic mass is 9.65. The molecule has 1 saturated heterocycles. The Morgan fingerprint density at radius 1 is 1.44 bits per heavy atom. The van der Waals surface area contributed by atoms with Crippen LogP contribution in [0.5, 0.6) is 0 Å². The Morgan fingerprint density at radius 2 is 2.25 bits per heavy atom. The van der Waals surface area contributed by atoms with Gasteiger partial charge in [0.05, 0.1) is 0 Å². The van der Waals surface area contributed by atoms with Crippen LogP contribution in [0.3, 0.4) is 0 Å². The number of fused-ring (bicyclic) bond motifs is 3. The number of allylic oxidation sites excluding steroid dienone is 2. The molecule has 0 amide bonds. The van der Waals surface area contributed by atoms with Crippen molar-refractivity contribution in [3.8, 4) is 0 Å². The van der Waals surface area contributed by atoms with Gasteiger partial charge < -0.3 is 0 Å². The molecule has 2 aliphatic carbocycles. The number of hydrogen-bond donors (Lipinski definition) is 0. The monoisotopic (exact) mass is 242 g/mol. The molecule has 0 aromatic carbocycles. The molecule has 2 saturated carbocycles. The first-order chi connectivity index (χ1) is 7.65. The molecule has 1 aliphatic heterocycles. The van der Waals surface area contributed by atoms with Gasteiger partial charge in [0.1, 0.15) is 12.2 Å². The third-order valence-corrected chi connectivity index (χ3v) is 5.51. The molecule has 1 heterocycles. The Kier molecular flexibility index (Phi) is 2.50. The predicted octanol–water partition coefficient (Wildman–Crippen LogP) is 2.51. The van der Waals surface area contributed by atoms with Gasteiger partial charge in [-0.05, 0) is 43.9 Å². The molecule has 3 nitrogen and oxygen atoms in total. The van der Waals surface area contributed by atoms with E-state index in [2.05, 4.69) is 19.9 Å². The van der Waals surface area contributed by atoms with Crippen molar-refractivity contribution >= 4 is 11.4 Å². The van der Waals surface area contributed by atoms with E-state index in [4.69, 9.17) is 8.37 Å². The lowest BCUT2D eigenvalue weighted by Gasteiger charge is -2.41. The van der Waals surface area contributed by atoms with Crippen molar-refractivity contribution in [3.05, 3.63) is 11.6 Å². The molecular weight excluding hydrogens is 224 g/mol. The standard InChI is InChI=1S/C12H18O3S/c1-3-8-4-5-9-11-10(14-16(13)15-11)6-7-12(8,9)2/h3,9-11H,4-7H2,1-2H3/b8-3-/t9-,10-,11+,12+,16?/m0/s1. The van der Waals surface area contributed by atoms with Crippen molar-refractivity contribution in [2.24, 2.45) is 11.3 Å². The first-order valence-corrected chi connectivity index (χ1v) is 7.07. The van der Waals surface area contributed by atoms with E-state index in [1.54, 1.807) is 5.57 Å². The van der Waals surface area contributed by atoms with Gasteiger partial charge in [-0.2, -0.15) is 4.21 Å². The summed E-state index contributed by atoms with van der Waals surface area (Å²) in [7, 11) is 0. The summed E-state index contributed by atoms with van der Waals surface area (Å²) in [5, 5.41) is 0. The van der Waals surface area contributed by atoms with Crippen molar-refractivity contribution in [3.63, 3.8) is 0 Å². The molecule has 5 atom stereocenters. The fourth-order valence-electron chi connectivity index (χ4n) is 3.81. The van der Waals surface area contributed by atoms with Crippen molar-refractivity contribution < 1.29 is 12.6 Å². The van der Waals surface area contributed by atoms with Gasteiger partial charge in [-0.15, -0.1) is 0 Å². The third-order valence-electron chi connectivity index (χ3n) is 4.73. The minimum absolute atomic E-state index is 0.0528.